The lowest BCUT2D eigenvalue weighted by molar-refractivity contribution is 0.431. The molecule has 8 nitrogen and oxygen atoms in total. The van der Waals surface area contributed by atoms with Gasteiger partial charge in [-0.25, -0.2) is 17.8 Å². The molecule has 0 aliphatic heterocycles. The fourth-order valence-corrected chi connectivity index (χ4v) is 4.38. The average Bonchev–Trinajstić information content (AvgIpc) is 3.51. The Balaban J connectivity index is 1.26. The standard InChI is InChI=1S/C24H18FN5O3S/c25-19-10-8-18(9-11-19)23-27-24(33-28-23)22-15-30(16-26-22)14-17-6-12-20(13-7-17)29-34(31,32)21-4-2-1-3-5-21/h1-13,15-16,29H,14H2. The summed E-state index contributed by atoms with van der Waals surface area (Å²) in [6.45, 7) is 0.512. The molecule has 0 aliphatic rings. The maximum atomic E-state index is 13.1. The summed E-state index contributed by atoms with van der Waals surface area (Å²) in [6, 6.07) is 21.1. The number of benzene rings is 3. The van der Waals surface area contributed by atoms with E-state index in [0.29, 0.717) is 29.3 Å². The van der Waals surface area contributed by atoms with Gasteiger partial charge in [0.05, 0.1) is 11.2 Å². The number of sulfonamides is 1. The van der Waals surface area contributed by atoms with Crippen molar-refractivity contribution in [1.82, 2.24) is 19.7 Å². The van der Waals surface area contributed by atoms with Crippen molar-refractivity contribution < 1.29 is 17.3 Å². The highest BCUT2D eigenvalue weighted by molar-refractivity contribution is 7.92. The van der Waals surface area contributed by atoms with E-state index in [-0.39, 0.29) is 16.6 Å². The minimum absolute atomic E-state index is 0.202. The lowest BCUT2D eigenvalue weighted by Gasteiger charge is -2.09. The zero-order chi connectivity index (χ0) is 23.5. The third kappa shape index (κ3) is 4.71. The van der Waals surface area contributed by atoms with Gasteiger partial charge in [0.15, 0.2) is 0 Å². The van der Waals surface area contributed by atoms with Gasteiger partial charge in [0, 0.05) is 24.0 Å². The molecule has 0 fully saturated rings. The Hall–Kier alpha value is -4.31. The molecule has 10 heteroatoms. The summed E-state index contributed by atoms with van der Waals surface area (Å²) in [6.07, 6.45) is 3.41. The molecule has 0 aliphatic carbocycles. The number of hydrogen-bond donors (Lipinski definition) is 1. The Labute approximate surface area is 194 Å². The van der Waals surface area contributed by atoms with E-state index in [1.54, 1.807) is 67.1 Å². The van der Waals surface area contributed by atoms with Crippen LogP contribution in [0, 0.1) is 5.82 Å². The smallest absolute Gasteiger partial charge is 0.278 e. The van der Waals surface area contributed by atoms with Gasteiger partial charge in [-0.3, -0.25) is 4.72 Å². The predicted octanol–water partition coefficient (Wildman–Crippen LogP) is 4.59. The third-order valence-electron chi connectivity index (χ3n) is 5.01. The van der Waals surface area contributed by atoms with E-state index in [9.17, 15) is 12.8 Å². The second-order valence-electron chi connectivity index (χ2n) is 7.48. The second-order valence-corrected chi connectivity index (χ2v) is 9.16. The predicted molar refractivity (Wildman–Crippen MR) is 124 cm³/mol. The van der Waals surface area contributed by atoms with E-state index < -0.39 is 10.0 Å². The van der Waals surface area contributed by atoms with Crippen LogP contribution in [0.3, 0.4) is 0 Å². The van der Waals surface area contributed by atoms with Gasteiger partial charge < -0.3 is 9.09 Å². The van der Waals surface area contributed by atoms with Crippen LogP contribution in [0.4, 0.5) is 10.1 Å². The van der Waals surface area contributed by atoms with E-state index in [1.165, 1.54) is 12.1 Å². The van der Waals surface area contributed by atoms with Crippen LogP contribution in [0.2, 0.25) is 0 Å². The van der Waals surface area contributed by atoms with Gasteiger partial charge in [0.2, 0.25) is 5.82 Å². The quantitative estimate of drug-likeness (QED) is 0.369. The first-order chi connectivity index (χ1) is 16.5. The summed E-state index contributed by atoms with van der Waals surface area (Å²) in [4.78, 5) is 8.85. The molecule has 34 heavy (non-hydrogen) atoms. The number of imidazole rings is 1. The van der Waals surface area contributed by atoms with E-state index in [0.717, 1.165) is 5.56 Å². The first-order valence-corrected chi connectivity index (χ1v) is 11.7. The van der Waals surface area contributed by atoms with E-state index >= 15 is 0 Å². The summed E-state index contributed by atoms with van der Waals surface area (Å²) >= 11 is 0. The molecule has 0 amide bonds. The number of nitrogens with one attached hydrogen (secondary N) is 1. The van der Waals surface area contributed by atoms with E-state index in [1.807, 2.05) is 16.7 Å². The largest absolute Gasteiger partial charge is 0.332 e. The Morgan fingerprint density at radius 3 is 2.41 bits per heavy atom. The molecule has 5 aromatic rings. The lowest BCUT2D eigenvalue weighted by atomic mass is 10.2. The fraction of sp³-hybridized carbons (Fsp3) is 0.0417. The molecule has 2 aromatic heterocycles. The number of hydrogen-bond acceptors (Lipinski definition) is 6. The first kappa shape index (κ1) is 21.5. The molecule has 0 radical (unpaired) electrons. The second kappa shape index (κ2) is 8.91. The Morgan fingerprint density at radius 1 is 0.941 bits per heavy atom. The molecule has 3 aromatic carbocycles. The summed E-state index contributed by atoms with van der Waals surface area (Å²) in [7, 11) is -3.64. The van der Waals surface area contributed by atoms with Gasteiger partial charge in [0.25, 0.3) is 15.9 Å². The molecule has 0 saturated carbocycles. The Morgan fingerprint density at radius 2 is 1.68 bits per heavy atom. The minimum Gasteiger partial charge on any atom is -0.332 e. The van der Waals surface area contributed by atoms with Crippen LogP contribution >= 0.6 is 0 Å². The Bertz CT molecular complexity index is 1510. The van der Waals surface area contributed by atoms with Crippen molar-refractivity contribution in [2.75, 3.05) is 4.72 Å². The van der Waals surface area contributed by atoms with Gasteiger partial charge in [-0.2, -0.15) is 4.98 Å². The van der Waals surface area contributed by atoms with Gasteiger partial charge in [-0.05, 0) is 54.1 Å². The molecule has 0 saturated heterocycles. The minimum atomic E-state index is -3.64. The van der Waals surface area contributed by atoms with Crippen LogP contribution in [-0.2, 0) is 16.6 Å². The molecule has 0 bridgehead atoms. The maximum Gasteiger partial charge on any atom is 0.278 e. The van der Waals surface area contributed by atoms with Crippen molar-refractivity contribution in [3.05, 3.63) is 103 Å². The van der Waals surface area contributed by atoms with E-state index in [4.69, 9.17) is 4.52 Å². The molecule has 2 heterocycles. The van der Waals surface area contributed by atoms with Gasteiger partial charge in [0.1, 0.15) is 11.5 Å². The number of nitrogens with zero attached hydrogens (tertiary/aromatic N) is 4. The lowest BCUT2D eigenvalue weighted by Crippen LogP contribution is -2.12. The van der Waals surface area contributed by atoms with Crippen LogP contribution in [0.5, 0.6) is 0 Å². The van der Waals surface area contributed by atoms with Gasteiger partial charge >= 0.3 is 0 Å². The molecular formula is C24H18FN5O3S. The molecule has 170 valence electrons. The van der Waals surface area contributed by atoms with Crippen molar-refractivity contribution in [1.29, 1.82) is 0 Å². The van der Waals surface area contributed by atoms with Crippen LogP contribution in [-0.4, -0.2) is 28.1 Å². The molecule has 1 N–H and O–H groups in total. The number of anilines is 1. The van der Waals surface area contributed by atoms with Crippen molar-refractivity contribution in [3.8, 4) is 23.0 Å². The normalized spacial score (nSPS) is 11.4. The van der Waals surface area contributed by atoms with Crippen molar-refractivity contribution >= 4 is 15.7 Å². The molecule has 5 rings (SSSR count). The SMILES string of the molecule is O=S(=O)(Nc1ccc(Cn2cnc(-c3nc(-c4ccc(F)cc4)no3)c2)cc1)c1ccccc1. The highest BCUT2D eigenvalue weighted by Gasteiger charge is 2.15. The number of aromatic nitrogens is 4. The summed E-state index contributed by atoms with van der Waals surface area (Å²) in [5, 5.41) is 3.93. The van der Waals surface area contributed by atoms with Crippen molar-refractivity contribution in [3.63, 3.8) is 0 Å². The summed E-state index contributed by atoms with van der Waals surface area (Å²) < 4.78 is 47.8. The van der Waals surface area contributed by atoms with Crippen LogP contribution < -0.4 is 4.72 Å². The monoisotopic (exact) mass is 475 g/mol. The molecule has 0 spiro atoms. The zero-order valence-electron chi connectivity index (χ0n) is 17.7. The van der Waals surface area contributed by atoms with Crippen molar-refractivity contribution in [2.45, 2.75) is 11.4 Å². The highest BCUT2D eigenvalue weighted by Crippen LogP contribution is 2.22. The third-order valence-corrected chi connectivity index (χ3v) is 6.40. The average molecular weight is 476 g/mol. The van der Waals surface area contributed by atoms with Crippen LogP contribution in [0.1, 0.15) is 5.56 Å². The number of rotatable bonds is 7. The number of halogens is 1. The topological polar surface area (TPSA) is 103 Å². The van der Waals surface area contributed by atoms with Gasteiger partial charge in [-0.1, -0.05) is 35.5 Å². The first-order valence-electron chi connectivity index (χ1n) is 10.2. The van der Waals surface area contributed by atoms with Crippen LogP contribution in [0.25, 0.3) is 23.0 Å². The van der Waals surface area contributed by atoms with Crippen molar-refractivity contribution in [2.24, 2.45) is 0 Å². The molecule has 0 atom stereocenters. The zero-order valence-corrected chi connectivity index (χ0v) is 18.5. The molecular weight excluding hydrogens is 457 g/mol. The Kier molecular flexibility index (Phi) is 5.64. The summed E-state index contributed by atoms with van der Waals surface area (Å²) in [5.74, 6) is 0.259. The summed E-state index contributed by atoms with van der Waals surface area (Å²) in [5.41, 5.74) is 2.56. The molecule has 0 unspecified atom stereocenters. The highest BCUT2D eigenvalue weighted by atomic mass is 32.2. The van der Waals surface area contributed by atoms with E-state index in [2.05, 4.69) is 19.8 Å². The van der Waals surface area contributed by atoms with Crippen LogP contribution in [0.15, 0.2) is 101 Å². The fourth-order valence-electron chi connectivity index (χ4n) is 3.30. The maximum absolute atomic E-state index is 13.1. The van der Waals surface area contributed by atoms with Gasteiger partial charge in [-0.15, -0.1) is 0 Å².